The number of rotatable bonds is 5. The average molecular weight is 605 g/mol. The molecule has 4 saturated carbocycles. The lowest BCUT2D eigenvalue weighted by Gasteiger charge is -2.68. The normalized spacial score (nSPS) is 38.0. The van der Waals surface area contributed by atoms with Crippen molar-refractivity contribution in [3.63, 3.8) is 0 Å². The van der Waals surface area contributed by atoms with Crippen LogP contribution in [0.4, 0.5) is 0 Å². The molecule has 44 heavy (non-hydrogen) atoms. The fourth-order valence-corrected chi connectivity index (χ4v) is 11.8. The summed E-state index contributed by atoms with van der Waals surface area (Å²) in [6, 6.07) is 8.66. The standard InChI is InChI=1S/C35H48O4.C3H6.C2H6/c1-32(2)25(23-10-7-22(8-11-23)9-14-30(36)37)15-19-34(4)28(32)17-20-33(3)26-16-21-35(31(38)39)18-5-6-27(35)24(26)12-13-29(33)34;1-3-2;1-2/h7-8,10-11,15,24,26-29H,5-6,9,12-14,16-21H2,1-4H3,(H,36,37)(H,38,39);3H,1H2,2H3;1-2H3. The van der Waals surface area contributed by atoms with Crippen LogP contribution >= 0.6 is 0 Å². The van der Waals surface area contributed by atoms with Crippen molar-refractivity contribution in [2.24, 2.45) is 51.2 Å². The number of allylic oxidation sites excluding steroid dienone is 3. The lowest BCUT2D eigenvalue weighted by Crippen LogP contribution is -2.61. The van der Waals surface area contributed by atoms with Crippen LogP contribution in [0, 0.1) is 51.2 Å². The van der Waals surface area contributed by atoms with Crippen LogP contribution in [0.2, 0.25) is 0 Å². The summed E-state index contributed by atoms with van der Waals surface area (Å²) >= 11 is 0. The van der Waals surface area contributed by atoms with Gasteiger partial charge in [0.25, 0.3) is 0 Å². The predicted octanol–water partition coefficient (Wildman–Crippen LogP) is 10.5. The largest absolute Gasteiger partial charge is 0.481 e. The lowest BCUT2D eigenvalue weighted by atomic mass is 9.36. The minimum Gasteiger partial charge on any atom is -0.481 e. The van der Waals surface area contributed by atoms with Crippen LogP contribution < -0.4 is 0 Å². The number of carbonyl (C=O) groups is 2. The van der Waals surface area contributed by atoms with Crippen molar-refractivity contribution in [3.8, 4) is 0 Å². The zero-order chi connectivity index (χ0) is 32.5. The molecule has 2 N–H and O–H groups in total. The molecule has 0 amide bonds. The molecule has 4 fully saturated rings. The molecule has 0 aliphatic heterocycles. The van der Waals surface area contributed by atoms with E-state index in [1.54, 1.807) is 6.08 Å². The molecule has 244 valence electrons. The van der Waals surface area contributed by atoms with Gasteiger partial charge in [-0.3, -0.25) is 9.59 Å². The number of carboxylic acid groups (broad SMARTS) is 2. The third-order valence-corrected chi connectivity index (χ3v) is 13.4. The van der Waals surface area contributed by atoms with Gasteiger partial charge in [0.05, 0.1) is 5.41 Å². The first-order valence-electron chi connectivity index (χ1n) is 17.7. The van der Waals surface area contributed by atoms with Crippen molar-refractivity contribution >= 4 is 17.5 Å². The van der Waals surface area contributed by atoms with Gasteiger partial charge in [-0.25, -0.2) is 0 Å². The number of aryl methyl sites for hydroxylation is 1. The van der Waals surface area contributed by atoms with Crippen LogP contribution in [0.1, 0.15) is 130 Å². The van der Waals surface area contributed by atoms with Gasteiger partial charge in [-0.05, 0) is 134 Å². The molecule has 5 aliphatic carbocycles. The van der Waals surface area contributed by atoms with E-state index >= 15 is 0 Å². The smallest absolute Gasteiger partial charge is 0.309 e. The maximum absolute atomic E-state index is 12.5. The molecular formula is C40H60O4. The average Bonchev–Trinajstić information content (AvgIpc) is 3.44. The predicted molar refractivity (Wildman–Crippen MR) is 181 cm³/mol. The van der Waals surface area contributed by atoms with E-state index in [2.05, 4.69) is 64.6 Å². The highest BCUT2D eigenvalue weighted by Gasteiger charge is 2.66. The quantitative estimate of drug-likeness (QED) is 0.328. The first kappa shape index (κ1) is 34.5. The highest BCUT2D eigenvalue weighted by Crippen LogP contribution is 2.73. The number of fused-ring (bicyclic) bond motifs is 7. The molecule has 0 spiro atoms. The van der Waals surface area contributed by atoms with E-state index in [4.69, 9.17) is 5.11 Å². The summed E-state index contributed by atoms with van der Waals surface area (Å²) < 4.78 is 0. The van der Waals surface area contributed by atoms with Crippen molar-refractivity contribution in [3.05, 3.63) is 54.1 Å². The van der Waals surface area contributed by atoms with E-state index in [0.29, 0.717) is 41.4 Å². The lowest BCUT2D eigenvalue weighted by molar-refractivity contribution is -0.187. The van der Waals surface area contributed by atoms with Gasteiger partial charge in [-0.2, -0.15) is 0 Å². The van der Waals surface area contributed by atoms with Gasteiger partial charge in [-0.15, -0.1) is 6.58 Å². The van der Waals surface area contributed by atoms with Gasteiger partial charge in [0, 0.05) is 6.42 Å². The minimum absolute atomic E-state index is 0.0736. The van der Waals surface area contributed by atoms with E-state index in [1.807, 2.05) is 20.8 Å². The van der Waals surface area contributed by atoms with Crippen molar-refractivity contribution in [2.75, 3.05) is 0 Å². The number of hydrogen-bond donors (Lipinski definition) is 2. The van der Waals surface area contributed by atoms with E-state index < -0.39 is 17.4 Å². The zero-order valence-corrected chi connectivity index (χ0v) is 28.8. The Labute approximate surface area is 267 Å². The van der Waals surface area contributed by atoms with Gasteiger partial charge in [-0.1, -0.05) is 84.4 Å². The third kappa shape index (κ3) is 5.62. The van der Waals surface area contributed by atoms with Gasteiger partial charge in [0.1, 0.15) is 0 Å². The maximum atomic E-state index is 12.5. The SMILES string of the molecule is C=CC.CC.CC1(C)C(c2ccc(CCC(=O)O)cc2)=CCC2(C)C1CCC1(C)C3CCC4(C(=O)O)CCCC4C3CCC12. The molecule has 8 atom stereocenters. The summed E-state index contributed by atoms with van der Waals surface area (Å²) in [5.74, 6) is 1.74. The number of aliphatic carboxylic acids is 2. The Hall–Kier alpha value is -2.36. The summed E-state index contributed by atoms with van der Waals surface area (Å²) in [4.78, 5) is 23.5. The van der Waals surface area contributed by atoms with Crippen molar-refractivity contribution in [1.82, 2.24) is 0 Å². The molecule has 0 saturated heterocycles. The second kappa shape index (κ2) is 13.2. The Kier molecular flexibility index (Phi) is 10.3. The number of benzene rings is 1. The molecule has 1 aromatic carbocycles. The van der Waals surface area contributed by atoms with E-state index in [0.717, 1.165) is 44.1 Å². The topological polar surface area (TPSA) is 74.6 Å². The molecule has 1 aromatic rings. The van der Waals surface area contributed by atoms with Gasteiger partial charge in [0.15, 0.2) is 0 Å². The van der Waals surface area contributed by atoms with Crippen molar-refractivity contribution in [1.29, 1.82) is 0 Å². The van der Waals surface area contributed by atoms with E-state index in [9.17, 15) is 14.7 Å². The number of carboxylic acids is 2. The summed E-state index contributed by atoms with van der Waals surface area (Å²) in [6.07, 6.45) is 16.3. The molecule has 0 heterocycles. The molecule has 0 aromatic heterocycles. The fourth-order valence-electron chi connectivity index (χ4n) is 11.8. The van der Waals surface area contributed by atoms with Gasteiger partial charge >= 0.3 is 11.9 Å². The van der Waals surface area contributed by atoms with Crippen LogP contribution in [-0.4, -0.2) is 22.2 Å². The summed E-state index contributed by atoms with van der Waals surface area (Å²) in [5.41, 5.74) is 4.06. The second-order valence-corrected chi connectivity index (χ2v) is 15.5. The van der Waals surface area contributed by atoms with Gasteiger partial charge in [0.2, 0.25) is 0 Å². The summed E-state index contributed by atoms with van der Waals surface area (Å²) in [6.45, 7) is 19.4. The summed E-state index contributed by atoms with van der Waals surface area (Å²) in [7, 11) is 0. The molecule has 0 radical (unpaired) electrons. The fraction of sp³-hybridized carbons (Fsp3) is 0.700. The zero-order valence-electron chi connectivity index (χ0n) is 28.8. The number of hydrogen-bond acceptors (Lipinski definition) is 2. The molecule has 6 rings (SSSR count). The van der Waals surface area contributed by atoms with Crippen molar-refractivity contribution < 1.29 is 19.8 Å². The Morgan fingerprint density at radius 3 is 2.14 bits per heavy atom. The van der Waals surface area contributed by atoms with E-state index in [1.165, 1.54) is 36.8 Å². The molecule has 5 aliphatic rings. The Morgan fingerprint density at radius 2 is 1.52 bits per heavy atom. The first-order valence-corrected chi connectivity index (χ1v) is 17.7. The molecular weight excluding hydrogens is 544 g/mol. The van der Waals surface area contributed by atoms with E-state index in [-0.39, 0.29) is 17.3 Å². The molecule has 4 heteroatoms. The molecule has 8 unspecified atom stereocenters. The van der Waals surface area contributed by atoms with Crippen LogP contribution in [-0.2, 0) is 16.0 Å². The van der Waals surface area contributed by atoms with Crippen LogP contribution in [0.25, 0.3) is 5.57 Å². The first-order chi connectivity index (χ1) is 20.8. The Balaban J connectivity index is 0.000000834. The van der Waals surface area contributed by atoms with Gasteiger partial charge < -0.3 is 10.2 Å². The molecule has 4 nitrogen and oxygen atoms in total. The van der Waals surface area contributed by atoms with Crippen LogP contribution in [0.15, 0.2) is 43.0 Å². The van der Waals surface area contributed by atoms with Crippen LogP contribution in [0.3, 0.4) is 0 Å². The minimum atomic E-state index is -0.745. The Morgan fingerprint density at radius 1 is 0.864 bits per heavy atom. The third-order valence-electron chi connectivity index (χ3n) is 13.4. The monoisotopic (exact) mass is 604 g/mol. The highest BCUT2D eigenvalue weighted by atomic mass is 16.4. The van der Waals surface area contributed by atoms with Crippen LogP contribution in [0.5, 0.6) is 0 Å². The Bertz CT molecular complexity index is 1230. The second-order valence-electron chi connectivity index (χ2n) is 15.5. The van der Waals surface area contributed by atoms with Crippen molar-refractivity contribution in [2.45, 2.75) is 126 Å². The maximum Gasteiger partial charge on any atom is 0.309 e. The highest BCUT2D eigenvalue weighted by molar-refractivity contribution is 5.76. The summed E-state index contributed by atoms with van der Waals surface area (Å²) in [5, 5.41) is 19.3. The molecule has 0 bridgehead atoms.